The number of hydrogen-bond donors (Lipinski definition) is 1. The minimum Gasteiger partial charge on any atom is -0.485 e. The van der Waals surface area contributed by atoms with Crippen LogP contribution in [0.3, 0.4) is 0 Å². The van der Waals surface area contributed by atoms with E-state index < -0.39 is 11.6 Å². The van der Waals surface area contributed by atoms with Crippen molar-refractivity contribution < 1.29 is 18.3 Å². The zero-order valence-corrected chi connectivity index (χ0v) is 18.0. The van der Waals surface area contributed by atoms with Crippen LogP contribution in [0.5, 0.6) is 5.75 Å². The second-order valence-corrected chi connectivity index (χ2v) is 7.76. The predicted octanol–water partition coefficient (Wildman–Crippen LogP) is 5.04. The van der Waals surface area contributed by atoms with Gasteiger partial charge in [-0.15, -0.1) is 0 Å². The highest BCUT2D eigenvalue weighted by atomic mass is 35.5. The number of Topliss-reactive ketones (excluding diaryl/α,β-unsaturated/α-hetero) is 1. The van der Waals surface area contributed by atoms with Crippen molar-refractivity contribution in [3.8, 4) is 5.75 Å². The van der Waals surface area contributed by atoms with Gasteiger partial charge in [-0.1, -0.05) is 41.9 Å². The number of benzene rings is 2. The molecular weight excluding hydrogens is 436 g/mol. The third-order valence-corrected chi connectivity index (χ3v) is 5.42. The van der Waals surface area contributed by atoms with E-state index >= 15 is 0 Å². The first kappa shape index (κ1) is 21.9. The number of aryl methyl sites for hydroxylation is 1. The molecule has 8 heteroatoms. The van der Waals surface area contributed by atoms with Gasteiger partial charge in [-0.25, -0.2) is 13.8 Å². The van der Waals surface area contributed by atoms with Gasteiger partial charge < -0.3 is 10.5 Å². The molecule has 2 aromatic heterocycles. The molecule has 0 radical (unpaired) electrons. The molecule has 0 fully saturated rings. The molecule has 4 rings (SSSR count). The van der Waals surface area contributed by atoms with Gasteiger partial charge in [0.2, 0.25) is 0 Å². The van der Waals surface area contributed by atoms with E-state index in [0.29, 0.717) is 23.6 Å². The Balaban J connectivity index is 1.69. The first-order valence-corrected chi connectivity index (χ1v) is 10.3. The van der Waals surface area contributed by atoms with Crippen LogP contribution in [0.15, 0.2) is 54.7 Å². The van der Waals surface area contributed by atoms with E-state index in [4.69, 9.17) is 22.1 Å². The number of fused-ring (bicyclic) bond motifs is 1. The SMILES string of the molecule is Cc1nc2c(OCc3c(F)cccc3F)cc(Cl)cn2c1C(=O)Cc1ccccc1CN. The van der Waals surface area contributed by atoms with E-state index in [0.717, 1.165) is 23.3 Å². The number of nitrogens with two attached hydrogens (primary N) is 1. The Hall–Kier alpha value is -3.29. The molecule has 0 saturated carbocycles. The Morgan fingerprint density at radius 1 is 1.12 bits per heavy atom. The van der Waals surface area contributed by atoms with Gasteiger partial charge in [-0.3, -0.25) is 9.20 Å². The summed E-state index contributed by atoms with van der Waals surface area (Å²) in [4.78, 5) is 17.6. The van der Waals surface area contributed by atoms with E-state index in [1.807, 2.05) is 24.3 Å². The number of ketones is 1. The Morgan fingerprint density at radius 3 is 2.50 bits per heavy atom. The maximum Gasteiger partial charge on any atom is 0.185 e. The van der Waals surface area contributed by atoms with Crippen molar-refractivity contribution in [1.82, 2.24) is 9.38 Å². The van der Waals surface area contributed by atoms with E-state index in [2.05, 4.69) is 4.98 Å². The average molecular weight is 456 g/mol. The lowest BCUT2D eigenvalue weighted by Gasteiger charge is -2.11. The highest BCUT2D eigenvalue weighted by Gasteiger charge is 2.21. The topological polar surface area (TPSA) is 69.6 Å². The number of ether oxygens (including phenoxy) is 1. The highest BCUT2D eigenvalue weighted by Crippen LogP contribution is 2.28. The summed E-state index contributed by atoms with van der Waals surface area (Å²) in [5, 5.41) is 0.287. The van der Waals surface area contributed by atoms with Gasteiger partial charge in [0.15, 0.2) is 17.2 Å². The molecule has 2 aromatic carbocycles. The third-order valence-electron chi connectivity index (χ3n) is 5.21. The van der Waals surface area contributed by atoms with Crippen LogP contribution in [-0.4, -0.2) is 15.2 Å². The van der Waals surface area contributed by atoms with E-state index in [-0.39, 0.29) is 35.1 Å². The molecule has 0 aliphatic rings. The van der Waals surface area contributed by atoms with E-state index in [9.17, 15) is 13.6 Å². The normalized spacial score (nSPS) is 11.2. The van der Waals surface area contributed by atoms with E-state index in [1.54, 1.807) is 17.5 Å². The number of halogens is 3. The van der Waals surface area contributed by atoms with Gasteiger partial charge in [-0.05, 0) is 30.2 Å². The summed E-state index contributed by atoms with van der Waals surface area (Å²) in [5.74, 6) is -1.37. The van der Waals surface area contributed by atoms with Crippen LogP contribution in [0.25, 0.3) is 5.65 Å². The summed E-state index contributed by atoms with van der Waals surface area (Å²) in [6, 6.07) is 12.6. The first-order chi connectivity index (χ1) is 15.4. The monoisotopic (exact) mass is 455 g/mol. The Bertz CT molecular complexity index is 1300. The summed E-state index contributed by atoms with van der Waals surface area (Å²) in [7, 11) is 0. The summed E-state index contributed by atoms with van der Waals surface area (Å²) < 4.78 is 35.2. The number of carbonyl (C=O) groups excluding carboxylic acids is 1. The van der Waals surface area contributed by atoms with Crippen LogP contribution in [0.4, 0.5) is 8.78 Å². The van der Waals surface area contributed by atoms with Gasteiger partial charge in [0.05, 0.1) is 16.3 Å². The van der Waals surface area contributed by atoms with Crippen LogP contribution in [0.1, 0.15) is 32.9 Å². The Kier molecular flexibility index (Phi) is 6.21. The minimum atomic E-state index is -0.711. The molecule has 4 aromatic rings. The molecule has 0 saturated heterocycles. The van der Waals surface area contributed by atoms with Crippen molar-refractivity contribution in [2.45, 2.75) is 26.5 Å². The fourth-order valence-corrected chi connectivity index (χ4v) is 3.84. The summed E-state index contributed by atoms with van der Waals surface area (Å²) in [6.07, 6.45) is 1.71. The largest absolute Gasteiger partial charge is 0.485 e. The van der Waals surface area contributed by atoms with Crippen molar-refractivity contribution >= 4 is 23.0 Å². The second-order valence-electron chi connectivity index (χ2n) is 7.32. The van der Waals surface area contributed by atoms with Gasteiger partial charge >= 0.3 is 0 Å². The lowest BCUT2D eigenvalue weighted by Crippen LogP contribution is -2.11. The molecule has 0 unspecified atom stereocenters. The molecular formula is C24H20ClF2N3O2. The summed E-state index contributed by atoms with van der Waals surface area (Å²) in [6.45, 7) is 1.68. The zero-order valence-electron chi connectivity index (χ0n) is 17.2. The van der Waals surface area contributed by atoms with Crippen LogP contribution < -0.4 is 10.5 Å². The van der Waals surface area contributed by atoms with Crippen LogP contribution >= 0.6 is 11.6 Å². The van der Waals surface area contributed by atoms with Gasteiger partial charge in [0, 0.05) is 25.2 Å². The Morgan fingerprint density at radius 2 is 1.81 bits per heavy atom. The molecule has 32 heavy (non-hydrogen) atoms. The molecule has 0 atom stereocenters. The van der Waals surface area contributed by atoms with Crippen LogP contribution in [-0.2, 0) is 19.6 Å². The van der Waals surface area contributed by atoms with Crippen molar-refractivity contribution in [2.75, 3.05) is 0 Å². The average Bonchev–Trinajstić information content (AvgIpc) is 3.09. The summed E-state index contributed by atoms with van der Waals surface area (Å²) >= 11 is 6.26. The van der Waals surface area contributed by atoms with Gasteiger partial charge in [0.1, 0.15) is 23.9 Å². The second kappa shape index (κ2) is 9.06. The fraction of sp³-hybridized carbons (Fsp3) is 0.167. The number of aromatic nitrogens is 2. The first-order valence-electron chi connectivity index (χ1n) is 9.93. The van der Waals surface area contributed by atoms with Crippen molar-refractivity contribution in [1.29, 1.82) is 0 Å². The maximum absolute atomic E-state index is 14.0. The van der Waals surface area contributed by atoms with E-state index in [1.165, 1.54) is 12.1 Å². The number of rotatable bonds is 7. The third kappa shape index (κ3) is 4.22. The van der Waals surface area contributed by atoms with Gasteiger partial charge in [-0.2, -0.15) is 0 Å². The molecule has 0 spiro atoms. The lowest BCUT2D eigenvalue weighted by atomic mass is 10.0. The van der Waals surface area contributed by atoms with Gasteiger partial charge in [0.25, 0.3) is 0 Å². The smallest absolute Gasteiger partial charge is 0.185 e. The van der Waals surface area contributed by atoms with Crippen molar-refractivity contribution in [2.24, 2.45) is 5.73 Å². The molecule has 164 valence electrons. The molecule has 0 aliphatic heterocycles. The quantitative estimate of drug-likeness (QED) is 0.396. The fourth-order valence-electron chi connectivity index (χ4n) is 3.64. The van der Waals surface area contributed by atoms with Crippen molar-refractivity contribution in [3.63, 3.8) is 0 Å². The molecule has 0 bridgehead atoms. The van der Waals surface area contributed by atoms with Crippen LogP contribution in [0, 0.1) is 18.6 Å². The molecule has 2 heterocycles. The molecule has 2 N–H and O–H groups in total. The standard InChI is InChI=1S/C24H20ClF2N3O2/c1-14-23(21(31)9-15-5-2-3-6-16(15)11-28)30-12-17(25)10-22(24(30)29-14)32-13-18-19(26)7-4-8-20(18)27/h2-8,10,12H,9,11,13,28H2,1H3. The number of hydrogen-bond acceptors (Lipinski definition) is 4. The molecule has 0 aliphatic carbocycles. The highest BCUT2D eigenvalue weighted by molar-refractivity contribution is 6.30. The van der Waals surface area contributed by atoms with Crippen molar-refractivity contribution in [3.05, 3.63) is 99.5 Å². The number of pyridine rings is 1. The zero-order chi connectivity index (χ0) is 22.8. The minimum absolute atomic E-state index is 0.144. The Labute approximate surface area is 188 Å². The molecule has 0 amide bonds. The number of imidazole rings is 1. The van der Waals surface area contributed by atoms with Crippen LogP contribution in [0.2, 0.25) is 5.02 Å². The maximum atomic E-state index is 14.0. The lowest BCUT2D eigenvalue weighted by molar-refractivity contribution is 0.0986. The predicted molar refractivity (Wildman–Crippen MR) is 118 cm³/mol. The molecule has 5 nitrogen and oxygen atoms in total. The summed E-state index contributed by atoms with van der Waals surface area (Å²) in [5.41, 5.74) is 8.49. The number of carbonyl (C=O) groups is 1. The number of nitrogens with zero attached hydrogens (tertiary/aromatic N) is 2.